The van der Waals surface area contributed by atoms with E-state index in [0.29, 0.717) is 22.7 Å². The Morgan fingerprint density at radius 3 is 2.19 bits per heavy atom. The van der Waals surface area contributed by atoms with E-state index in [1.165, 1.54) is 26.3 Å². The number of hydrogen-bond donors (Lipinski definition) is 2. The molecule has 1 fully saturated rings. The minimum Gasteiger partial charge on any atom is -0.469 e. The molecule has 8 heteroatoms. The minimum absolute atomic E-state index is 0.234. The zero-order valence-electron chi connectivity index (χ0n) is 15.0. The first-order valence-electron chi connectivity index (χ1n) is 8.13. The molecule has 1 aromatic carbocycles. The lowest BCUT2D eigenvalue weighted by Gasteiger charge is -2.29. The van der Waals surface area contributed by atoms with E-state index in [1.54, 1.807) is 37.3 Å². The molecule has 8 nitrogen and oxygen atoms in total. The zero-order valence-corrected chi connectivity index (χ0v) is 15.0. The van der Waals surface area contributed by atoms with Gasteiger partial charge in [0.1, 0.15) is 12.0 Å². The van der Waals surface area contributed by atoms with Gasteiger partial charge in [-0.3, -0.25) is 4.79 Å². The van der Waals surface area contributed by atoms with E-state index in [0.717, 1.165) is 0 Å². The number of esters is 2. The molecule has 2 heterocycles. The smallest absolute Gasteiger partial charge is 0.350 e. The van der Waals surface area contributed by atoms with E-state index in [2.05, 4.69) is 10.6 Å². The summed E-state index contributed by atoms with van der Waals surface area (Å²) in [5, 5.41) is 5.56. The Kier molecular flexibility index (Phi) is 4.72. The molecule has 0 aliphatic carbocycles. The molecular weight excluding hydrogens is 352 g/mol. The highest BCUT2D eigenvalue weighted by Gasteiger charge is 2.38. The lowest BCUT2D eigenvalue weighted by Crippen LogP contribution is -2.42. The van der Waals surface area contributed by atoms with Crippen molar-refractivity contribution in [2.45, 2.75) is 26.6 Å². The molecule has 1 aliphatic rings. The van der Waals surface area contributed by atoms with Gasteiger partial charge in [0.2, 0.25) is 0 Å². The van der Waals surface area contributed by atoms with Crippen LogP contribution in [0.5, 0.6) is 0 Å². The Morgan fingerprint density at radius 1 is 1.04 bits per heavy atom. The van der Waals surface area contributed by atoms with E-state index >= 15 is 0 Å². The predicted octanol–water partition coefficient (Wildman–Crippen LogP) is 2.97. The first-order chi connectivity index (χ1) is 12.7. The number of hydrogen-bond acceptors (Lipinski definition) is 7. The van der Waals surface area contributed by atoms with Gasteiger partial charge in [-0.05, 0) is 37.3 Å². The second-order valence-corrected chi connectivity index (χ2v) is 6.36. The van der Waals surface area contributed by atoms with Crippen molar-refractivity contribution in [2.75, 3.05) is 10.6 Å². The van der Waals surface area contributed by atoms with Crippen molar-refractivity contribution >= 4 is 29.2 Å². The molecule has 1 amide bonds. The van der Waals surface area contributed by atoms with Crippen LogP contribution in [0.3, 0.4) is 0 Å². The lowest BCUT2D eigenvalue weighted by molar-refractivity contribution is -0.222. The molecule has 1 aliphatic heterocycles. The summed E-state index contributed by atoms with van der Waals surface area (Å²) >= 11 is 0. The Hall–Kier alpha value is -3.55. The van der Waals surface area contributed by atoms with Crippen LogP contribution in [0.1, 0.15) is 30.0 Å². The van der Waals surface area contributed by atoms with Crippen LogP contribution in [0.15, 0.2) is 52.8 Å². The molecule has 1 saturated heterocycles. The maximum Gasteiger partial charge on any atom is 0.350 e. The van der Waals surface area contributed by atoms with Gasteiger partial charge in [0.15, 0.2) is 5.57 Å². The molecule has 0 spiro atoms. The normalized spacial score (nSPS) is 15.6. The molecule has 0 saturated carbocycles. The van der Waals surface area contributed by atoms with Crippen molar-refractivity contribution in [1.82, 2.24) is 0 Å². The molecule has 0 bridgehead atoms. The van der Waals surface area contributed by atoms with Crippen molar-refractivity contribution in [3.05, 3.63) is 59.7 Å². The molecule has 2 N–H and O–H groups in total. The fraction of sp³-hybridized carbons (Fsp3) is 0.211. The van der Waals surface area contributed by atoms with Gasteiger partial charge in [0, 0.05) is 31.4 Å². The number of aryl methyl sites for hydroxylation is 1. The average Bonchev–Trinajstić information content (AvgIpc) is 3.01. The third-order valence-electron chi connectivity index (χ3n) is 3.64. The summed E-state index contributed by atoms with van der Waals surface area (Å²) in [7, 11) is 0. The highest BCUT2D eigenvalue weighted by molar-refractivity contribution is 6.15. The average molecular weight is 370 g/mol. The molecule has 27 heavy (non-hydrogen) atoms. The maximum absolute atomic E-state index is 12.1. The van der Waals surface area contributed by atoms with Crippen LogP contribution < -0.4 is 10.6 Å². The first-order valence-corrected chi connectivity index (χ1v) is 8.13. The second-order valence-electron chi connectivity index (χ2n) is 6.36. The van der Waals surface area contributed by atoms with Crippen LogP contribution in [-0.2, 0) is 19.1 Å². The number of carbonyl (C=O) groups excluding carboxylic acids is 3. The summed E-state index contributed by atoms with van der Waals surface area (Å²) in [5.41, 5.74) is 1.37. The SMILES string of the molecule is Cc1cc(C(=O)Nc2ccc(NC=C3C(=O)OC(C)(C)OC3=O)cc2)co1. The Labute approximate surface area is 155 Å². The van der Waals surface area contributed by atoms with Crippen molar-refractivity contribution < 1.29 is 28.3 Å². The summed E-state index contributed by atoms with van der Waals surface area (Å²) in [4.78, 5) is 35.8. The van der Waals surface area contributed by atoms with Crippen LogP contribution in [0.4, 0.5) is 11.4 Å². The number of nitrogens with one attached hydrogen (secondary N) is 2. The Balaban J connectivity index is 1.63. The molecule has 0 radical (unpaired) electrons. The zero-order chi connectivity index (χ0) is 19.6. The summed E-state index contributed by atoms with van der Waals surface area (Å²) in [5.74, 6) is -2.44. The van der Waals surface area contributed by atoms with Crippen molar-refractivity contribution in [1.29, 1.82) is 0 Å². The maximum atomic E-state index is 12.1. The van der Waals surface area contributed by atoms with Gasteiger partial charge in [-0.25, -0.2) is 9.59 Å². The van der Waals surface area contributed by atoms with Gasteiger partial charge in [0.25, 0.3) is 11.7 Å². The summed E-state index contributed by atoms with van der Waals surface area (Å²) in [6.07, 6.45) is 2.61. The number of benzene rings is 1. The Bertz CT molecular complexity index is 902. The number of furan rings is 1. The van der Waals surface area contributed by atoms with Gasteiger partial charge < -0.3 is 24.5 Å². The van der Waals surface area contributed by atoms with Crippen LogP contribution >= 0.6 is 0 Å². The molecule has 1 aromatic heterocycles. The second kappa shape index (κ2) is 6.99. The van der Waals surface area contributed by atoms with Crippen molar-refractivity contribution in [2.24, 2.45) is 0 Å². The Morgan fingerprint density at radius 2 is 1.63 bits per heavy atom. The topological polar surface area (TPSA) is 107 Å². The number of cyclic esters (lactones) is 2. The highest BCUT2D eigenvalue weighted by Crippen LogP contribution is 2.23. The van der Waals surface area contributed by atoms with Crippen LogP contribution in [-0.4, -0.2) is 23.6 Å². The lowest BCUT2D eigenvalue weighted by atomic mass is 10.2. The van der Waals surface area contributed by atoms with Gasteiger partial charge >= 0.3 is 11.9 Å². The predicted molar refractivity (Wildman–Crippen MR) is 95.8 cm³/mol. The number of ether oxygens (including phenoxy) is 2. The number of amides is 1. The largest absolute Gasteiger partial charge is 0.469 e. The third kappa shape index (κ3) is 4.35. The summed E-state index contributed by atoms with van der Waals surface area (Å²) in [6, 6.07) is 8.34. The first kappa shape index (κ1) is 18.2. The monoisotopic (exact) mass is 370 g/mol. The molecule has 2 aromatic rings. The summed E-state index contributed by atoms with van der Waals surface area (Å²) in [6.45, 7) is 4.71. The standard InChI is InChI=1S/C19H18N2O6/c1-11-8-12(10-25-11)16(22)21-14-6-4-13(5-7-14)20-9-15-17(23)26-19(2,3)27-18(15)24/h4-10,20H,1-3H3,(H,21,22). The molecular formula is C19H18N2O6. The highest BCUT2D eigenvalue weighted by atomic mass is 16.7. The van der Waals surface area contributed by atoms with E-state index in [4.69, 9.17) is 13.9 Å². The molecule has 140 valence electrons. The quantitative estimate of drug-likeness (QED) is 0.484. The third-order valence-corrected chi connectivity index (χ3v) is 3.64. The van der Waals surface area contributed by atoms with Gasteiger partial charge in [-0.1, -0.05) is 0 Å². The fourth-order valence-corrected chi connectivity index (χ4v) is 2.35. The summed E-state index contributed by atoms with van der Waals surface area (Å²) < 4.78 is 15.1. The van der Waals surface area contributed by atoms with Crippen LogP contribution in [0.2, 0.25) is 0 Å². The number of rotatable bonds is 4. The molecule has 0 atom stereocenters. The number of anilines is 2. The van der Waals surface area contributed by atoms with Gasteiger partial charge in [-0.2, -0.15) is 0 Å². The van der Waals surface area contributed by atoms with Crippen LogP contribution in [0, 0.1) is 6.92 Å². The van der Waals surface area contributed by atoms with Crippen molar-refractivity contribution in [3.8, 4) is 0 Å². The van der Waals surface area contributed by atoms with E-state index in [-0.39, 0.29) is 11.5 Å². The van der Waals surface area contributed by atoms with E-state index in [9.17, 15) is 14.4 Å². The molecule has 3 rings (SSSR count). The number of carbonyl (C=O) groups is 3. The fourth-order valence-electron chi connectivity index (χ4n) is 2.35. The minimum atomic E-state index is -1.28. The van der Waals surface area contributed by atoms with Crippen molar-refractivity contribution in [3.63, 3.8) is 0 Å². The van der Waals surface area contributed by atoms with E-state index < -0.39 is 17.7 Å². The van der Waals surface area contributed by atoms with Gasteiger partial charge in [0.05, 0.1) is 5.56 Å². The van der Waals surface area contributed by atoms with E-state index in [1.807, 2.05) is 0 Å². The molecule has 0 unspecified atom stereocenters. The van der Waals surface area contributed by atoms with Crippen LogP contribution in [0.25, 0.3) is 0 Å². The van der Waals surface area contributed by atoms with Gasteiger partial charge in [-0.15, -0.1) is 0 Å².